The number of aromatic nitrogens is 1. The number of ketones is 2. The number of carbonyl (C=O) groups is 2. The lowest BCUT2D eigenvalue weighted by atomic mass is 9.83. The maximum absolute atomic E-state index is 13.1. The molecular formula is C23H13ClN4O3S. The van der Waals surface area contributed by atoms with Crippen molar-refractivity contribution in [1.29, 1.82) is 0 Å². The molecule has 0 radical (unpaired) electrons. The van der Waals surface area contributed by atoms with Gasteiger partial charge in [-0.15, -0.1) is 10.2 Å². The summed E-state index contributed by atoms with van der Waals surface area (Å²) >= 11 is 6.98. The second-order valence-electron chi connectivity index (χ2n) is 6.88. The molecular weight excluding hydrogens is 448 g/mol. The van der Waals surface area contributed by atoms with Gasteiger partial charge in [-0.05, 0) is 30.3 Å². The first-order chi connectivity index (χ1) is 15.5. The van der Waals surface area contributed by atoms with Crippen LogP contribution < -0.4 is 5.32 Å². The van der Waals surface area contributed by atoms with Crippen LogP contribution in [0.4, 0.5) is 21.5 Å². The van der Waals surface area contributed by atoms with Gasteiger partial charge < -0.3 is 10.4 Å². The Morgan fingerprint density at radius 1 is 0.844 bits per heavy atom. The second-order valence-corrected chi connectivity index (χ2v) is 8.30. The average Bonchev–Trinajstić information content (AvgIpc) is 3.16. The predicted molar refractivity (Wildman–Crippen MR) is 122 cm³/mol. The number of carbonyl (C=O) groups excluding carboxylic acids is 2. The minimum Gasteiger partial charge on any atom is -0.491 e. The highest BCUT2D eigenvalue weighted by molar-refractivity contribution is 7.19. The number of rotatable bonds is 4. The third kappa shape index (κ3) is 3.55. The number of azo groups is 1. The Kier molecular flexibility index (Phi) is 5.01. The van der Waals surface area contributed by atoms with Gasteiger partial charge in [-0.3, -0.25) is 9.59 Å². The molecule has 1 aromatic heterocycles. The summed E-state index contributed by atoms with van der Waals surface area (Å²) in [6.07, 6.45) is 0. The molecule has 0 bridgehead atoms. The molecule has 0 saturated carbocycles. The Labute approximate surface area is 191 Å². The van der Waals surface area contributed by atoms with E-state index in [1.54, 1.807) is 66.7 Å². The molecule has 0 aliphatic heterocycles. The van der Waals surface area contributed by atoms with Crippen molar-refractivity contribution in [2.75, 3.05) is 5.32 Å². The lowest BCUT2D eigenvalue weighted by Gasteiger charge is -2.18. The maximum atomic E-state index is 13.1. The molecule has 1 heterocycles. The molecule has 156 valence electrons. The van der Waals surface area contributed by atoms with Gasteiger partial charge in [0.1, 0.15) is 0 Å². The van der Waals surface area contributed by atoms with E-state index < -0.39 is 0 Å². The summed E-state index contributed by atoms with van der Waals surface area (Å²) in [5.74, 6) is -0.821. The molecule has 0 saturated heterocycles. The summed E-state index contributed by atoms with van der Waals surface area (Å²) in [5, 5.41) is 22.6. The van der Waals surface area contributed by atoms with Crippen LogP contribution >= 0.6 is 22.9 Å². The van der Waals surface area contributed by atoms with Gasteiger partial charge in [0.05, 0.1) is 11.3 Å². The molecule has 3 aromatic carbocycles. The monoisotopic (exact) mass is 460 g/mol. The SMILES string of the molecule is O=C1c2ccccc2C(=O)c2c(N=Nc3sc(Nc4ccc(Cl)cc4)nc3O)cccc21. The van der Waals surface area contributed by atoms with Gasteiger partial charge in [-0.25, -0.2) is 0 Å². The fraction of sp³-hybridized carbons (Fsp3) is 0. The third-order valence-corrected chi connectivity index (χ3v) is 5.96. The van der Waals surface area contributed by atoms with E-state index in [0.29, 0.717) is 21.3 Å². The lowest BCUT2D eigenvalue weighted by Crippen LogP contribution is -2.20. The number of fused-ring (bicyclic) bond motifs is 2. The van der Waals surface area contributed by atoms with E-state index in [1.165, 1.54) is 0 Å². The van der Waals surface area contributed by atoms with Gasteiger partial charge in [-0.2, -0.15) is 4.98 Å². The minimum atomic E-state index is -0.298. The van der Waals surface area contributed by atoms with E-state index in [1.807, 2.05) is 0 Å². The summed E-state index contributed by atoms with van der Waals surface area (Å²) in [7, 11) is 0. The van der Waals surface area contributed by atoms with Crippen molar-refractivity contribution in [1.82, 2.24) is 4.98 Å². The number of thiazole rings is 1. The highest BCUT2D eigenvalue weighted by Crippen LogP contribution is 2.40. The number of hydrogen-bond acceptors (Lipinski definition) is 8. The largest absolute Gasteiger partial charge is 0.491 e. The molecule has 9 heteroatoms. The molecule has 32 heavy (non-hydrogen) atoms. The van der Waals surface area contributed by atoms with E-state index in [-0.39, 0.29) is 39.3 Å². The number of benzene rings is 3. The highest BCUT2D eigenvalue weighted by Gasteiger charge is 2.31. The van der Waals surface area contributed by atoms with Crippen LogP contribution in [0.3, 0.4) is 0 Å². The van der Waals surface area contributed by atoms with Crippen LogP contribution in [-0.2, 0) is 0 Å². The minimum absolute atomic E-state index is 0.161. The second kappa shape index (κ2) is 7.99. The Bertz CT molecular complexity index is 1410. The molecule has 7 nitrogen and oxygen atoms in total. The molecule has 4 aromatic rings. The number of anilines is 2. The van der Waals surface area contributed by atoms with Crippen LogP contribution in [0.25, 0.3) is 0 Å². The quantitative estimate of drug-likeness (QED) is 0.300. The first-order valence-electron chi connectivity index (χ1n) is 9.47. The molecule has 0 fully saturated rings. The van der Waals surface area contributed by atoms with Gasteiger partial charge >= 0.3 is 0 Å². The van der Waals surface area contributed by atoms with Crippen molar-refractivity contribution in [2.24, 2.45) is 10.2 Å². The Morgan fingerprint density at radius 2 is 1.53 bits per heavy atom. The van der Waals surface area contributed by atoms with Gasteiger partial charge in [-0.1, -0.05) is 59.3 Å². The smallest absolute Gasteiger partial charge is 0.252 e. The van der Waals surface area contributed by atoms with E-state index >= 15 is 0 Å². The third-order valence-electron chi connectivity index (χ3n) is 4.87. The topological polar surface area (TPSA) is 104 Å². The van der Waals surface area contributed by atoms with Crippen molar-refractivity contribution in [3.05, 3.63) is 94.0 Å². The predicted octanol–water partition coefficient (Wildman–Crippen LogP) is 6.44. The molecule has 1 aliphatic rings. The summed E-state index contributed by atoms with van der Waals surface area (Å²) in [5.41, 5.74) is 2.17. The Hall–Kier alpha value is -3.88. The summed E-state index contributed by atoms with van der Waals surface area (Å²) in [6.45, 7) is 0. The van der Waals surface area contributed by atoms with Crippen LogP contribution in [-0.4, -0.2) is 21.7 Å². The lowest BCUT2D eigenvalue weighted by molar-refractivity contribution is 0.0979. The first kappa shape index (κ1) is 20.0. The normalized spacial score (nSPS) is 12.7. The molecule has 5 rings (SSSR count). The maximum Gasteiger partial charge on any atom is 0.252 e. The number of aromatic hydroxyl groups is 1. The highest BCUT2D eigenvalue weighted by atomic mass is 35.5. The van der Waals surface area contributed by atoms with Crippen LogP contribution in [0, 0.1) is 0 Å². The first-order valence-corrected chi connectivity index (χ1v) is 10.7. The van der Waals surface area contributed by atoms with Crippen molar-refractivity contribution in [2.45, 2.75) is 0 Å². The van der Waals surface area contributed by atoms with Gasteiger partial charge in [0.25, 0.3) is 5.88 Å². The number of nitrogens with one attached hydrogen (secondary N) is 1. The Balaban J connectivity index is 1.46. The fourth-order valence-electron chi connectivity index (χ4n) is 3.39. The van der Waals surface area contributed by atoms with Crippen LogP contribution in [0.15, 0.2) is 77.0 Å². The van der Waals surface area contributed by atoms with E-state index in [2.05, 4.69) is 20.5 Å². The summed E-state index contributed by atoms with van der Waals surface area (Å²) in [6, 6.07) is 18.6. The zero-order valence-corrected chi connectivity index (χ0v) is 17.8. The standard InChI is InChI=1S/C23H13ClN4O3S/c24-12-8-10-13(11-9-12)25-23-26-21(31)22(32-23)28-27-17-7-3-6-16-18(17)20(30)15-5-2-1-4-14(15)19(16)29/h1-11,31H,(H,25,26). The number of hydrogen-bond donors (Lipinski definition) is 2. The molecule has 0 atom stereocenters. The van der Waals surface area contributed by atoms with E-state index in [4.69, 9.17) is 11.6 Å². The molecule has 0 amide bonds. The van der Waals surface area contributed by atoms with Crippen molar-refractivity contribution in [3.63, 3.8) is 0 Å². The molecule has 0 spiro atoms. The van der Waals surface area contributed by atoms with Gasteiger partial charge in [0.15, 0.2) is 16.7 Å². The fourth-order valence-corrected chi connectivity index (χ4v) is 4.22. The molecule has 0 unspecified atom stereocenters. The van der Waals surface area contributed by atoms with Crippen molar-refractivity contribution in [3.8, 4) is 5.88 Å². The average molecular weight is 461 g/mol. The van der Waals surface area contributed by atoms with Crippen molar-refractivity contribution < 1.29 is 14.7 Å². The van der Waals surface area contributed by atoms with Crippen LogP contribution in [0.2, 0.25) is 5.02 Å². The van der Waals surface area contributed by atoms with Gasteiger partial charge in [0, 0.05) is 27.4 Å². The number of halogens is 1. The molecule has 1 aliphatic carbocycles. The summed E-state index contributed by atoms with van der Waals surface area (Å²) in [4.78, 5) is 29.9. The van der Waals surface area contributed by atoms with Gasteiger partial charge in [0.2, 0.25) is 5.00 Å². The zero-order valence-electron chi connectivity index (χ0n) is 16.2. The zero-order chi connectivity index (χ0) is 22.2. The summed E-state index contributed by atoms with van der Waals surface area (Å²) < 4.78 is 0. The number of nitrogens with zero attached hydrogens (tertiary/aromatic N) is 3. The molecule has 2 N–H and O–H groups in total. The van der Waals surface area contributed by atoms with Crippen molar-refractivity contribution >= 4 is 56.0 Å². The van der Waals surface area contributed by atoms with Crippen LogP contribution in [0.1, 0.15) is 31.8 Å². The van der Waals surface area contributed by atoms with E-state index in [0.717, 1.165) is 17.0 Å². The Morgan fingerprint density at radius 3 is 2.28 bits per heavy atom. The van der Waals surface area contributed by atoms with E-state index in [9.17, 15) is 14.7 Å². The van der Waals surface area contributed by atoms with Crippen LogP contribution in [0.5, 0.6) is 5.88 Å².